The molecule has 1 aromatic heterocycles. The summed E-state index contributed by atoms with van der Waals surface area (Å²) in [6.07, 6.45) is -1.59. The maximum absolute atomic E-state index is 13.8. The predicted octanol–water partition coefficient (Wildman–Crippen LogP) is 6.75. The molecule has 4 aromatic carbocycles. The molecule has 3 aliphatic rings. The van der Waals surface area contributed by atoms with Gasteiger partial charge in [-0.05, 0) is 66.9 Å². The van der Waals surface area contributed by atoms with Gasteiger partial charge in [-0.3, -0.25) is 18.5 Å². The van der Waals surface area contributed by atoms with E-state index in [0.29, 0.717) is 17.2 Å². The van der Waals surface area contributed by atoms with E-state index in [9.17, 15) is 9.36 Å². The third-order valence-corrected chi connectivity index (χ3v) is 11.0. The number of aromatic nitrogens is 2. The molecule has 4 heterocycles. The lowest BCUT2D eigenvalue weighted by Crippen LogP contribution is -2.37. The van der Waals surface area contributed by atoms with E-state index in [0.717, 1.165) is 22.3 Å². The van der Waals surface area contributed by atoms with Gasteiger partial charge in [0.25, 0.3) is 0 Å². The van der Waals surface area contributed by atoms with Gasteiger partial charge in [0.05, 0.1) is 27.4 Å². The molecule has 8 rings (SSSR count). The van der Waals surface area contributed by atoms with Gasteiger partial charge in [0.2, 0.25) is 0 Å². The maximum Gasteiger partial charge on any atom is 0.530 e. The molecule has 55 heavy (non-hydrogen) atoms. The van der Waals surface area contributed by atoms with E-state index in [4.69, 9.17) is 42.1 Å². The molecular weight excluding hydrogens is 729 g/mol. The summed E-state index contributed by atoms with van der Waals surface area (Å²) in [7, 11) is -0.750. The Morgan fingerprint density at radius 2 is 1.45 bits per heavy atom. The SMILES string of the molecule is COc1ccc(C(ONc2ccn([C@@H]3O[C@H](COP4(=O)OCc5ccccc5O4)[C@@H]4OC(C)(C)OC43)c(=O)n2)(c2ccccc2)c2ccc(OC)cc2)cc1. The number of benzene rings is 4. The number of hydrogen-bond donors (Lipinski definition) is 1. The van der Waals surface area contributed by atoms with Crippen molar-refractivity contribution in [2.45, 2.75) is 56.4 Å². The molecule has 0 spiro atoms. The van der Waals surface area contributed by atoms with E-state index in [1.165, 1.54) is 10.8 Å². The Balaban J connectivity index is 1.06. The van der Waals surface area contributed by atoms with Gasteiger partial charge in [-0.15, -0.1) is 0 Å². The molecule has 1 N–H and O–H groups in total. The molecule has 3 aliphatic heterocycles. The molecule has 0 aliphatic carbocycles. The van der Waals surface area contributed by atoms with Crippen LogP contribution in [0.4, 0.5) is 5.82 Å². The summed E-state index contributed by atoms with van der Waals surface area (Å²) in [4.78, 5) is 24.8. The first-order valence-electron chi connectivity index (χ1n) is 17.7. The van der Waals surface area contributed by atoms with Crippen LogP contribution in [0.15, 0.2) is 120 Å². The van der Waals surface area contributed by atoms with Crippen molar-refractivity contribution in [1.82, 2.24) is 9.55 Å². The monoisotopic (exact) mass is 769 g/mol. The molecule has 2 fully saturated rings. The van der Waals surface area contributed by atoms with E-state index in [1.54, 1.807) is 46.3 Å². The van der Waals surface area contributed by atoms with Crippen molar-refractivity contribution in [1.29, 1.82) is 0 Å². The van der Waals surface area contributed by atoms with Gasteiger partial charge in [0.1, 0.15) is 35.6 Å². The topological polar surface area (TPSA) is 147 Å². The molecule has 15 heteroatoms. The number of para-hydroxylation sites is 1. The van der Waals surface area contributed by atoms with Crippen LogP contribution in [0.1, 0.15) is 42.3 Å². The second kappa shape index (κ2) is 14.9. The fraction of sp³-hybridized carbons (Fsp3) is 0.300. The molecule has 0 bridgehead atoms. The van der Waals surface area contributed by atoms with Crippen molar-refractivity contribution >= 4 is 13.6 Å². The van der Waals surface area contributed by atoms with Crippen LogP contribution in [0, 0.1) is 0 Å². The normalized spacial score (nSPS) is 24.0. The first-order chi connectivity index (χ1) is 26.6. The minimum atomic E-state index is -3.96. The first-order valence-corrected chi connectivity index (χ1v) is 19.1. The van der Waals surface area contributed by atoms with Crippen molar-refractivity contribution in [2.75, 3.05) is 26.3 Å². The highest BCUT2D eigenvalue weighted by Gasteiger charge is 2.57. The summed E-state index contributed by atoms with van der Waals surface area (Å²) in [5, 5.41) is 0. The number of rotatable bonds is 12. The number of hydrogen-bond acceptors (Lipinski definition) is 13. The minimum Gasteiger partial charge on any atom is -0.497 e. The number of fused-ring (bicyclic) bond motifs is 2. The lowest BCUT2D eigenvalue weighted by atomic mass is 9.80. The summed E-state index contributed by atoms with van der Waals surface area (Å²) in [6.45, 7) is 3.38. The molecule has 0 saturated carbocycles. The fourth-order valence-corrected chi connectivity index (χ4v) is 8.27. The summed E-state index contributed by atoms with van der Waals surface area (Å²) < 4.78 is 61.1. The molecule has 14 nitrogen and oxygen atoms in total. The quantitative estimate of drug-likeness (QED) is 0.0812. The van der Waals surface area contributed by atoms with Crippen LogP contribution in [0.3, 0.4) is 0 Å². The summed E-state index contributed by atoms with van der Waals surface area (Å²) in [6, 6.07) is 33.5. The number of ether oxygens (including phenoxy) is 5. The smallest absolute Gasteiger partial charge is 0.497 e. The molecule has 2 saturated heterocycles. The number of methoxy groups -OCH3 is 2. The van der Waals surface area contributed by atoms with Crippen LogP contribution in [0.2, 0.25) is 0 Å². The van der Waals surface area contributed by atoms with E-state index < -0.39 is 49.4 Å². The summed E-state index contributed by atoms with van der Waals surface area (Å²) >= 11 is 0. The van der Waals surface area contributed by atoms with Crippen LogP contribution >= 0.6 is 7.82 Å². The second-order valence-corrected chi connectivity index (χ2v) is 15.1. The average Bonchev–Trinajstić information content (AvgIpc) is 3.70. The van der Waals surface area contributed by atoms with Gasteiger partial charge in [0, 0.05) is 11.8 Å². The van der Waals surface area contributed by atoms with E-state index in [-0.39, 0.29) is 19.0 Å². The summed E-state index contributed by atoms with van der Waals surface area (Å²) in [5.74, 6) is 0.934. The standard InChI is InChI=1S/C40H40N3O11P/c1-39(2)51-35-33(25-49-55(45)48-24-26-10-8-9-13-32(26)53-55)50-37(36(35)52-39)43-23-22-34(41-38(43)44)42-54-40(27-11-6-5-7-12-27,28-14-18-30(46-3)19-15-28)29-16-20-31(47-4)21-17-29/h5-23,33,35-37H,24-25H2,1-4H3,(H,41,42,44)/t33-,35+,36?,37-,55?/m1/s1. The van der Waals surface area contributed by atoms with Gasteiger partial charge >= 0.3 is 13.5 Å². The van der Waals surface area contributed by atoms with Crippen LogP contribution in [-0.2, 0) is 44.9 Å². The summed E-state index contributed by atoms with van der Waals surface area (Å²) in [5.41, 5.74) is 4.23. The molecule has 286 valence electrons. The third kappa shape index (κ3) is 7.26. The largest absolute Gasteiger partial charge is 0.530 e. The van der Waals surface area contributed by atoms with Crippen molar-refractivity contribution < 1.29 is 46.7 Å². The maximum atomic E-state index is 13.8. The lowest BCUT2D eigenvalue weighted by molar-refractivity contribution is -0.200. The lowest BCUT2D eigenvalue weighted by Gasteiger charge is -2.35. The van der Waals surface area contributed by atoms with Gasteiger partial charge in [-0.2, -0.15) is 4.98 Å². The number of phosphoric ester groups is 1. The van der Waals surface area contributed by atoms with E-state index in [2.05, 4.69) is 10.5 Å². The van der Waals surface area contributed by atoms with Gasteiger partial charge in [-0.25, -0.2) is 14.8 Å². The Kier molecular flexibility index (Phi) is 9.99. The van der Waals surface area contributed by atoms with Crippen LogP contribution in [0.25, 0.3) is 0 Å². The molecule has 5 aromatic rings. The number of nitrogens with zero attached hydrogens (tertiary/aromatic N) is 2. The van der Waals surface area contributed by atoms with Crippen molar-refractivity contribution in [3.63, 3.8) is 0 Å². The number of anilines is 1. The second-order valence-electron chi connectivity index (χ2n) is 13.6. The Morgan fingerprint density at radius 1 is 0.836 bits per heavy atom. The van der Waals surface area contributed by atoms with Crippen LogP contribution < -0.4 is 25.2 Å². The Morgan fingerprint density at radius 3 is 2.11 bits per heavy atom. The van der Waals surface area contributed by atoms with Crippen molar-refractivity contribution in [2.24, 2.45) is 0 Å². The Bertz CT molecular complexity index is 2190. The van der Waals surface area contributed by atoms with Crippen LogP contribution in [0.5, 0.6) is 17.2 Å². The minimum absolute atomic E-state index is 0.0676. The highest BCUT2D eigenvalue weighted by molar-refractivity contribution is 7.49. The van der Waals surface area contributed by atoms with Gasteiger partial charge in [-0.1, -0.05) is 72.8 Å². The van der Waals surface area contributed by atoms with E-state index >= 15 is 0 Å². The Labute approximate surface area is 317 Å². The fourth-order valence-electron chi connectivity index (χ4n) is 7.05. The molecular formula is C40H40N3O11P. The van der Waals surface area contributed by atoms with Crippen molar-refractivity contribution in [3.05, 3.63) is 148 Å². The molecule has 0 radical (unpaired) electrons. The molecule has 0 amide bonds. The zero-order chi connectivity index (χ0) is 38.2. The first kappa shape index (κ1) is 36.9. The predicted molar refractivity (Wildman–Crippen MR) is 199 cm³/mol. The van der Waals surface area contributed by atoms with E-state index in [1.807, 2.05) is 91.0 Å². The Hall–Kier alpha value is -5.05. The molecule has 5 atom stereocenters. The molecule has 2 unspecified atom stereocenters. The zero-order valence-corrected chi connectivity index (χ0v) is 31.4. The number of phosphoric acid groups is 1. The zero-order valence-electron chi connectivity index (χ0n) is 30.5. The number of nitrogens with one attached hydrogen (secondary N) is 1. The van der Waals surface area contributed by atoms with Crippen LogP contribution in [-0.4, -0.2) is 54.5 Å². The van der Waals surface area contributed by atoms with Gasteiger partial charge in [0.15, 0.2) is 23.4 Å². The highest BCUT2D eigenvalue weighted by Crippen LogP contribution is 2.55. The van der Waals surface area contributed by atoms with Gasteiger partial charge < -0.3 is 28.2 Å². The van der Waals surface area contributed by atoms with Crippen molar-refractivity contribution in [3.8, 4) is 17.2 Å². The highest BCUT2D eigenvalue weighted by atomic mass is 31.2. The average molecular weight is 770 g/mol. The third-order valence-electron chi connectivity index (χ3n) is 9.67.